The van der Waals surface area contributed by atoms with Gasteiger partial charge in [-0.2, -0.15) is 4.98 Å². The maximum absolute atomic E-state index is 11.7. The van der Waals surface area contributed by atoms with E-state index in [1.165, 1.54) is 19.5 Å². The molecule has 2 aromatic rings. The maximum Gasteiger partial charge on any atom is 0.271 e. The quantitative estimate of drug-likeness (QED) is 0.824. The first kappa shape index (κ1) is 13.1. The minimum Gasteiger partial charge on any atom is -0.375 e. The molecule has 0 radical (unpaired) electrons. The van der Waals surface area contributed by atoms with E-state index in [9.17, 15) is 4.79 Å². The van der Waals surface area contributed by atoms with E-state index in [2.05, 4.69) is 25.4 Å². The smallest absolute Gasteiger partial charge is 0.271 e. The lowest BCUT2D eigenvalue weighted by atomic mass is 10.4. The first-order chi connectivity index (χ1) is 9.19. The van der Waals surface area contributed by atoms with Gasteiger partial charge in [0.25, 0.3) is 11.8 Å². The summed E-state index contributed by atoms with van der Waals surface area (Å²) in [5.41, 5.74) is 0.991. The lowest BCUT2D eigenvalue weighted by Crippen LogP contribution is -2.24. The molecular weight excluding hydrogens is 250 g/mol. The molecule has 0 aliphatic carbocycles. The molecule has 0 aromatic carbocycles. The second kappa shape index (κ2) is 6.01. The number of aryl methyl sites for hydroxylation is 1. The van der Waals surface area contributed by atoms with Crippen LogP contribution in [0.25, 0.3) is 0 Å². The van der Waals surface area contributed by atoms with Gasteiger partial charge in [0, 0.05) is 13.3 Å². The van der Waals surface area contributed by atoms with Gasteiger partial charge < -0.3 is 14.6 Å². The van der Waals surface area contributed by atoms with Crippen molar-refractivity contribution >= 4 is 5.91 Å². The average molecular weight is 263 g/mol. The van der Waals surface area contributed by atoms with Crippen molar-refractivity contribution in [2.75, 3.05) is 7.11 Å². The van der Waals surface area contributed by atoms with Crippen LogP contribution in [0.4, 0.5) is 0 Å². The fourth-order valence-corrected chi connectivity index (χ4v) is 1.30. The first-order valence-electron chi connectivity index (χ1n) is 5.56. The number of carbonyl (C=O) groups excluding carboxylic acids is 1. The lowest BCUT2D eigenvalue weighted by molar-refractivity contribution is 0.0944. The van der Waals surface area contributed by atoms with Crippen LogP contribution in [-0.4, -0.2) is 33.1 Å². The van der Waals surface area contributed by atoms with Gasteiger partial charge in [-0.1, -0.05) is 5.16 Å². The van der Waals surface area contributed by atoms with Crippen LogP contribution in [0, 0.1) is 6.92 Å². The van der Waals surface area contributed by atoms with E-state index in [1.807, 2.05) is 0 Å². The molecule has 0 atom stereocenters. The van der Waals surface area contributed by atoms with E-state index in [0.29, 0.717) is 11.7 Å². The minimum absolute atomic E-state index is 0.154. The molecule has 1 amide bonds. The van der Waals surface area contributed by atoms with E-state index in [0.717, 1.165) is 5.69 Å². The summed E-state index contributed by atoms with van der Waals surface area (Å²) in [4.78, 5) is 23.7. The molecular formula is C11H13N5O3. The summed E-state index contributed by atoms with van der Waals surface area (Å²) in [5.74, 6) is 0.396. The van der Waals surface area contributed by atoms with Crippen LogP contribution in [0.5, 0.6) is 0 Å². The number of aromatic nitrogens is 4. The zero-order valence-electron chi connectivity index (χ0n) is 10.6. The molecule has 2 aromatic heterocycles. The number of hydrogen-bond acceptors (Lipinski definition) is 7. The monoisotopic (exact) mass is 263 g/mol. The van der Waals surface area contributed by atoms with E-state index in [-0.39, 0.29) is 24.8 Å². The van der Waals surface area contributed by atoms with Crippen molar-refractivity contribution in [3.05, 3.63) is 35.5 Å². The van der Waals surface area contributed by atoms with Crippen molar-refractivity contribution in [2.45, 2.75) is 20.1 Å². The van der Waals surface area contributed by atoms with Crippen molar-refractivity contribution in [1.82, 2.24) is 25.4 Å². The van der Waals surface area contributed by atoms with Gasteiger partial charge in [-0.25, -0.2) is 4.98 Å². The number of rotatable bonds is 5. The van der Waals surface area contributed by atoms with Gasteiger partial charge in [0.05, 0.1) is 18.4 Å². The Morgan fingerprint density at radius 3 is 2.95 bits per heavy atom. The van der Waals surface area contributed by atoms with Crippen LogP contribution >= 0.6 is 0 Å². The molecule has 0 saturated heterocycles. The van der Waals surface area contributed by atoms with E-state index in [4.69, 9.17) is 9.26 Å². The summed E-state index contributed by atoms with van der Waals surface area (Å²) in [5, 5.41) is 6.32. The van der Waals surface area contributed by atoms with Crippen molar-refractivity contribution in [3.63, 3.8) is 0 Å². The van der Waals surface area contributed by atoms with Gasteiger partial charge in [-0.05, 0) is 6.92 Å². The fourth-order valence-electron chi connectivity index (χ4n) is 1.30. The Morgan fingerprint density at radius 2 is 2.26 bits per heavy atom. The first-order valence-corrected chi connectivity index (χ1v) is 5.56. The molecule has 19 heavy (non-hydrogen) atoms. The summed E-state index contributed by atoms with van der Waals surface area (Å²) in [6, 6.07) is 0. The summed E-state index contributed by atoms with van der Waals surface area (Å²) in [6.45, 7) is 2.19. The number of hydrogen-bond donors (Lipinski definition) is 1. The van der Waals surface area contributed by atoms with Gasteiger partial charge in [-0.15, -0.1) is 0 Å². The highest BCUT2D eigenvalue weighted by Gasteiger charge is 2.10. The molecule has 0 bridgehead atoms. The molecule has 8 heteroatoms. The summed E-state index contributed by atoms with van der Waals surface area (Å²) in [7, 11) is 1.53. The highest BCUT2D eigenvalue weighted by Crippen LogP contribution is 1.99. The van der Waals surface area contributed by atoms with Crippen molar-refractivity contribution in [2.24, 2.45) is 0 Å². The Labute approximate surface area is 109 Å². The van der Waals surface area contributed by atoms with Crippen LogP contribution < -0.4 is 5.32 Å². The maximum atomic E-state index is 11.7. The zero-order chi connectivity index (χ0) is 13.7. The predicted octanol–water partition coefficient (Wildman–Crippen LogP) is 0.244. The van der Waals surface area contributed by atoms with E-state index in [1.54, 1.807) is 6.92 Å². The third kappa shape index (κ3) is 3.55. The third-order valence-corrected chi connectivity index (χ3v) is 2.20. The van der Waals surface area contributed by atoms with Crippen LogP contribution in [-0.2, 0) is 17.9 Å². The number of carbonyl (C=O) groups is 1. The normalized spacial score (nSPS) is 10.4. The molecule has 2 rings (SSSR count). The largest absolute Gasteiger partial charge is 0.375 e. The van der Waals surface area contributed by atoms with Crippen LogP contribution in [0.2, 0.25) is 0 Å². The molecule has 8 nitrogen and oxygen atoms in total. The Bertz CT molecular complexity index is 552. The number of nitrogens with zero attached hydrogens (tertiary/aromatic N) is 4. The van der Waals surface area contributed by atoms with Crippen molar-refractivity contribution in [3.8, 4) is 0 Å². The Kier molecular flexibility index (Phi) is 4.14. The third-order valence-electron chi connectivity index (χ3n) is 2.20. The standard InChI is InChI=1S/C11H13N5O3/c1-7-3-13-8(4-12-7)11(17)14-5-9-15-10(6-18-2)19-16-9/h3-4H,5-6H2,1-2H3,(H,14,17). The molecule has 0 spiro atoms. The summed E-state index contributed by atoms with van der Waals surface area (Å²) >= 11 is 0. The molecule has 0 saturated carbocycles. The van der Waals surface area contributed by atoms with Crippen molar-refractivity contribution in [1.29, 1.82) is 0 Å². The minimum atomic E-state index is -0.342. The molecule has 2 heterocycles. The van der Waals surface area contributed by atoms with Gasteiger partial charge in [0.15, 0.2) is 5.82 Å². The van der Waals surface area contributed by atoms with Gasteiger partial charge in [0.2, 0.25) is 0 Å². The van der Waals surface area contributed by atoms with Gasteiger partial charge in [-0.3, -0.25) is 9.78 Å². The molecule has 1 N–H and O–H groups in total. The second-order valence-electron chi connectivity index (χ2n) is 3.76. The Balaban J connectivity index is 1.90. The summed E-state index contributed by atoms with van der Waals surface area (Å²) in [6.07, 6.45) is 2.94. The second-order valence-corrected chi connectivity index (χ2v) is 3.76. The Morgan fingerprint density at radius 1 is 1.42 bits per heavy atom. The Hall–Kier alpha value is -2.35. The van der Waals surface area contributed by atoms with Gasteiger partial charge in [0.1, 0.15) is 12.3 Å². The molecule has 100 valence electrons. The van der Waals surface area contributed by atoms with Gasteiger partial charge >= 0.3 is 0 Å². The predicted molar refractivity (Wildman–Crippen MR) is 63.0 cm³/mol. The topological polar surface area (TPSA) is 103 Å². The van der Waals surface area contributed by atoms with E-state index < -0.39 is 0 Å². The van der Waals surface area contributed by atoms with E-state index >= 15 is 0 Å². The van der Waals surface area contributed by atoms with Crippen LogP contribution in [0.15, 0.2) is 16.9 Å². The highest BCUT2D eigenvalue weighted by atomic mass is 16.5. The SMILES string of the molecule is COCc1nc(CNC(=O)c2cnc(C)cn2)no1. The number of methoxy groups -OCH3 is 1. The molecule has 0 fully saturated rings. The van der Waals surface area contributed by atoms with Crippen molar-refractivity contribution < 1.29 is 14.1 Å². The molecule has 0 aliphatic rings. The summed E-state index contributed by atoms with van der Waals surface area (Å²) < 4.78 is 9.74. The molecule has 0 unspecified atom stereocenters. The molecule has 0 aliphatic heterocycles. The average Bonchev–Trinajstić information content (AvgIpc) is 2.85. The fraction of sp³-hybridized carbons (Fsp3) is 0.364. The number of nitrogens with one attached hydrogen (secondary N) is 1. The number of ether oxygens (including phenoxy) is 1. The number of amides is 1. The lowest BCUT2D eigenvalue weighted by Gasteiger charge is -2.01. The van der Waals surface area contributed by atoms with Crippen LogP contribution in [0.1, 0.15) is 27.9 Å². The van der Waals surface area contributed by atoms with Crippen LogP contribution in [0.3, 0.4) is 0 Å². The zero-order valence-corrected chi connectivity index (χ0v) is 10.6. The highest BCUT2D eigenvalue weighted by molar-refractivity contribution is 5.91.